The average Bonchev–Trinajstić information content (AvgIpc) is 3.37. The van der Waals surface area contributed by atoms with Crippen LogP contribution in [-0.4, -0.2) is 36.8 Å². The summed E-state index contributed by atoms with van der Waals surface area (Å²) in [7, 11) is 0. The third-order valence-electron chi connectivity index (χ3n) is 5.74. The van der Waals surface area contributed by atoms with Crippen LogP contribution in [-0.2, 0) is 22.5 Å². The lowest BCUT2D eigenvalue weighted by Crippen LogP contribution is -2.32. The molecule has 2 amide bonds. The number of rotatable bonds is 4. The van der Waals surface area contributed by atoms with Crippen molar-refractivity contribution in [2.75, 3.05) is 18.5 Å². The predicted octanol–water partition coefficient (Wildman–Crippen LogP) is 2.82. The Morgan fingerprint density at radius 2 is 2.07 bits per heavy atom. The molecule has 0 bridgehead atoms. The monoisotopic (exact) mass is 405 g/mol. The summed E-state index contributed by atoms with van der Waals surface area (Å²) in [6, 6.07) is 11.5. The van der Waals surface area contributed by atoms with E-state index in [0.29, 0.717) is 24.9 Å². The molecule has 1 atom stereocenters. The largest absolute Gasteiger partial charge is 0.493 e. The number of benzene rings is 2. The second-order valence-electron chi connectivity index (χ2n) is 7.87. The van der Waals surface area contributed by atoms with Crippen molar-refractivity contribution in [2.45, 2.75) is 38.2 Å². The molecular weight excluding hydrogens is 382 g/mol. The third kappa shape index (κ3) is 3.75. The summed E-state index contributed by atoms with van der Waals surface area (Å²) in [6.45, 7) is 1.11. The van der Waals surface area contributed by atoms with Crippen molar-refractivity contribution in [1.82, 2.24) is 5.32 Å². The molecule has 1 unspecified atom stereocenters. The number of amides is 2. The molecule has 3 aliphatic rings. The van der Waals surface area contributed by atoms with Crippen LogP contribution in [0.2, 0.25) is 0 Å². The molecule has 3 aliphatic heterocycles. The lowest BCUT2D eigenvalue weighted by molar-refractivity contribution is -0.116. The maximum absolute atomic E-state index is 12.6. The van der Waals surface area contributed by atoms with Crippen LogP contribution in [0.4, 0.5) is 5.69 Å². The molecule has 2 aromatic rings. The number of ether oxygens (including phenoxy) is 1. The number of nitrogens with zero attached hydrogens (tertiary/aromatic N) is 1. The zero-order valence-electron chi connectivity index (χ0n) is 16.6. The number of aryl methyl sites for hydroxylation is 1. The molecule has 0 fully saturated rings. The van der Waals surface area contributed by atoms with Crippen LogP contribution in [0.1, 0.15) is 46.3 Å². The van der Waals surface area contributed by atoms with Gasteiger partial charge in [0.15, 0.2) is 0 Å². The molecule has 2 N–H and O–H groups in total. The SMILES string of the molecule is O=C1CCCc2cc(C(=O)NCC3CC(c4ccc5c(c4)CCO5)=NO3)ccc2N1. The molecule has 0 aromatic heterocycles. The fourth-order valence-electron chi connectivity index (χ4n) is 4.10. The van der Waals surface area contributed by atoms with Crippen molar-refractivity contribution in [1.29, 1.82) is 0 Å². The summed E-state index contributed by atoms with van der Waals surface area (Å²) < 4.78 is 5.55. The lowest BCUT2D eigenvalue weighted by Gasteiger charge is -2.12. The van der Waals surface area contributed by atoms with E-state index >= 15 is 0 Å². The molecule has 7 nitrogen and oxygen atoms in total. The highest BCUT2D eigenvalue weighted by Gasteiger charge is 2.24. The van der Waals surface area contributed by atoms with Crippen LogP contribution in [0.3, 0.4) is 0 Å². The average molecular weight is 405 g/mol. The minimum atomic E-state index is -0.187. The maximum Gasteiger partial charge on any atom is 0.251 e. The minimum absolute atomic E-state index is 0.0241. The highest BCUT2D eigenvalue weighted by Crippen LogP contribution is 2.28. The van der Waals surface area contributed by atoms with Crippen molar-refractivity contribution < 1.29 is 19.2 Å². The molecule has 3 heterocycles. The van der Waals surface area contributed by atoms with Crippen molar-refractivity contribution in [3.8, 4) is 5.75 Å². The molecule has 2 aromatic carbocycles. The number of hydrogen-bond acceptors (Lipinski definition) is 5. The molecular formula is C23H23N3O4. The van der Waals surface area contributed by atoms with Crippen LogP contribution in [0.15, 0.2) is 41.6 Å². The Balaban J connectivity index is 1.18. The van der Waals surface area contributed by atoms with E-state index < -0.39 is 0 Å². The lowest BCUT2D eigenvalue weighted by atomic mass is 10.0. The standard InChI is InChI=1S/C23H23N3O4/c27-22-3-1-2-14-11-17(4-6-19(14)25-22)23(28)24-13-18-12-20(26-30-18)15-5-7-21-16(10-15)8-9-29-21/h4-7,10-11,18H,1-3,8-9,12-13H2,(H,24,28)(H,25,27). The van der Waals surface area contributed by atoms with E-state index in [9.17, 15) is 9.59 Å². The van der Waals surface area contributed by atoms with Gasteiger partial charge in [0.25, 0.3) is 5.91 Å². The van der Waals surface area contributed by atoms with E-state index in [2.05, 4.69) is 21.9 Å². The van der Waals surface area contributed by atoms with Gasteiger partial charge >= 0.3 is 0 Å². The molecule has 5 rings (SSSR count). The predicted molar refractivity (Wildman–Crippen MR) is 112 cm³/mol. The number of nitrogens with one attached hydrogen (secondary N) is 2. The van der Waals surface area contributed by atoms with Gasteiger partial charge in [-0.05, 0) is 65.9 Å². The van der Waals surface area contributed by atoms with Crippen molar-refractivity contribution in [3.05, 3.63) is 58.7 Å². The van der Waals surface area contributed by atoms with Gasteiger partial charge < -0.3 is 20.2 Å². The second-order valence-corrected chi connectivity index (χ2v) is 7.87. The number of carbonyl (C=O) groups is 2. The summed E-state index contributed by atoms with van der Waals surface area (Å²) in [5.41, 5.74) is 5.52. The summed E-state index contributed by atoms with van der Waals surface area (Å²) >= 11 is 0. The van der Waals surface area contributed by atoms with Crippen LogP contribution < -0.4 is 15.4 Å². The van der Waals surface area contributed by atoms with E-state index in [-0.39, 0.29) is 17.9 Å². The highest BCUT2D eigenvalue weighted by atomic mass is 16.6. The van der Waals surface area contributed by atoms with Crippen molar-refractivity contribution in [3.63, 3.8) is 0 Å². The van der Waals surface area contributed by atoms with Crippen molar-refractivity contribution in [2.24, 2.45) is 5.16 Å². The molecule has 0 saturated carbocycles. The van der Waals surface area contributed by atoms with Gasteiger partial charge in [-0.3, -0.25) is 9.59 Å². The summed E-state index contributed by atoms with van der Waals surface area (Å²) in [5, 5.41) is 10.1. The summed E-state index contributed by atoms with van der Waals surface area (Å²) in [5.74, 6) is 0.818. The second kappa shape index (κ2) is 7.82. The Morgan fingerprint density at radius 1 is 1.13 bits per heavy atom. The normalized spacial score (nSPS) is 19.5. The molecule has 7 heteroatoms. The Labute approximate surface area is 174 Å². The number of anilines is 1. The minimum Gasteiger partial charge on any atom is -0.493 e. The smallest absolute Gasteiger partial charge is 0.251 e. The van der Waals surface area contributed by atoms with Gasteiger partial charge in [-0.25, -0.2) is 0 Å². The Hall–Kier alpha value is -3.35. The first kappa shape index (κ1) is 18.7. The highest BCUT2D eigenvalue weighted by molar-refractivity contribution is 6.02. The maximum atomic E-state index is 12.6. The Bertz CT molecular complexity index is 1050. The van der Waals surface area contributed by atoms with Crippen LogP contribution in [0.25, 0.3) is 0 Å². The summed E-state index contributed by atoms with van der Waals surface area (Å²) in [6.07, 6.45) is 3.46. The fraction of sp³-hybridized carbons (Fsp3) is 0.348. The van der Waals surface area contributed by atoms with Crippen LogP contribution >= 0.6 is 0 Å². The number of fused-ring (bicyclic) bond motifs is 2. The Morgan fingerprint density at radius 3 is 3.00 bits per heavy atom. The molecule has 30 heavy (non-hydrogen) atoms. The number of oxime groups is 1. The van der Waals surface area contributed by atoms with Crippen LogP contribution in [0, 0.1) is 0 Å². The Kier molecular flexibility index (Phi) is 4.86. The molecule has 0 saturated heterocycles. The molecule has 0 aliphatic carbocycles. The zero-order chi connectivity index (χ0) is 20.5. The van der Waals surface area contributed by atoms with Gasteiger partial charge in [-0.2, -0.15) is 0 Å². The first-order valence-corrected chi connectivity index (χ1v) is 10.4. The number of carbonyl (C=O) groups excluding carboxylic acids is 2. The van der Waals surface area contributed by atoms with Gasteiger partial charge in [0.1, 0.15) is 11.9 Å². The number of hydrogen-bond donors (Lipinski definition) is 2. The topological polar surface area (TPSA) is 89.0 Å². The van der Waals surface area contributed by atoms with Gasteiger partial charge in [0.05, 0.1) is 18.9 Å². The first-order chi connectivity index (χ1) is 14.7. The van der Waals surface area contributed by atoms with Gasteiger partial charge in [-0.1, -0.05) is 5.16 Å². The van der Waals surface area contributed by atoms with E-state index in [1.807, 2.05) is 18.2 Å². The van der Waals surface area contributed by atoms with E-state index in [1.54, 1.807) is 12.1 Å². The summed E-state index contributed by atoms with van der Waals surface area (Å²) in [4.78, 5) is 29.8. The molecule has 0 spiro atoms. The van der Waals surface area contributed by atoms with Crippen molar-refractivity contribution >= 4 is 23.2 Å². The van der Waals surface area contributed by atoms with Gasteiger partial charge in [0, 0.05) is 30.5 Å². The van der Waals surface area contributed by atoms with Gasteiger partial charge in [0.2, 0.25) is 5.91 Å². The first-order valence-electron chi connectivity index (χ1n) is 10.4. The zero-order valence-corrected chi connectivity index (χ0v) is 16.6. The van der Waals surface area contributed by atoms with Crippen LogP contribution in [0.5, 0.6) is 5.75 Å². The van der Waals surface area contributed by atoms with E-state index in [4.69, 9.17) is 9.57 Å². The van der Waals surface area contributed by atoms with E-state index in [1.165, 1.54) is 5.56 Å². The molecule has 0 radical (unpaired) electrons. The van der Waals surface area contributed by atoms with Gasteiger partial charge in [-0.15, -0.1) is 0 Å². The molecule has 154 valence electrons. The fourth-order valence-corrected chi connectivity index (χ4v) is 4.10. The van der Waals surface area contributed by atoms with E-state index in [0.717, 1.165) is 54.1 Å². The third-order valence-corrected chi connectivity index (χ3v) is 5.74. The quantitative estimate of drug-likeness (QED) is 0.819.